The fourth-order valence-corrected chi connectivity index (χ4v) is 6.77. The molecule has 0 saturated heterocycles. The van der Waals surface area contributed by atoms with Crippen molar-refractivity contribution in [3.05, 3.63) is 118 Å². The Bertz CT molecular complexity index is 1940. The zero-order valence-corrected chi connectivity index (χ0v) is 27.9. The van der Waals surface area contributed by atoms with Gasteiger partial charge in [0.2, 0.25) is 0 Å². The number of rotatable bonds is 8. The number of ether oxygens (including phenoxy) is 3. The number of halogens is 1. The second-order valence-corrected chi connectivity index (χ2v) is 12.6. The van der Waals surface area contributed by atoms with Gasteiger partial charge in [0.15, 0.2) is 16.3 Å². The Morgan fingerprint density at radius 1 is 1.09 bits per heavy atom. The maximum Gasteiger partial charge on any atom is 0.338 e. The van der Waals surface area contributed by atoms with E-state index in [9.17, 15) is 14.4 Å². The van der Waals surface area contributed by atoms with E-state index in [1.165, 1.54) is 25.4 Å². The fourth-order valence-electron chi connectivity index (χ4n) is 5.04. The molecule has 2 heterocycles. The summed E-state index contributed by atoms with van der Waals surface area (Å²) in [5, 5.41) is 0. The molecule has 1 aromatic heterocycles. The Labute approximate surface area is 272 Å². The topological polar surface area (TPSA) is 96.2 Å². The summed E-state index contributed by atoms with van der Waals surface area (Å²) in [5.41, 5.74) is 3.82. The first kappa shape index (κ1) is 31.4. The lowest BCUT2D eigenvalue weighted by Gasteiger charge is -2.26. The van der Waals surface area contributed by atoms with Crippen LogP contribution < -0.4 is 24.4 Å². The van der Waals surface area contributed by atoms with Crippen LogP contribution in [0.15, 0.2) is 82.1 Å². The predicted octanol–water partition coefficient (Wildman–Crippen LogP) is 5.60. The zero-order chi connectivity index (χ0) is 31.5. The number of carbonyl (C=O) groups is 2. The molecule has 226 valence electrons. The molecule has 0 unspecified atom stereocenters. The van der Waals surface area contributed by atoms with Crippen molar-refractivity contribution in [2.24, 2.45) is 4.99 Å². The lowest BCUT2D eigenvalue weighted by Crippen LogP contribution is -2.40. The molecule has 0 spiro atoms. The van der Waals surface area contributed by atoms with Gasteiger partial charge in [0, 0.05) is 12.5 Å². The Hall–Kier alpha value is -4.03. The Morgan fingerprint density at radius 2 is 1.80 bits per heavy atom. The fraction of sp³-hybridized carbons (Fsp3) is 0.235. The van der Waals surface area contributed by atoms with Crippen LogP contribution in [-0.4, -0.2) is 30.2 Å². The maximum atomic E-state index is 14.2. The summed E-state index contributed by atoms with van der Waals surface area (Å²) in [6.45, 7) is 7.49. The summed E-state index contributed by atoms with van der Waals surface area (Å²) in [6, 6.07) is 20.2. The van der Waals surface area contributed by atoms with Crippen LogP contribution in [-0.2, 0) is 14.3 Å². The number of carbonyl (C=O) groups excluding carboxylic acids is 2. The van der Waals surface area contributed by atoms with E-state index in [1.807, 2.05) is 54.6 Å². The molecule has 8 nitrogen and oxygen atoms in total. The van der Waals surface area contributed by atoms with Crippen molar-refractivity contribution >= 4 is 57.6 Å². The van der Waals surface area contributed by atoms with E-state index < -0.39 is 18.0 Å². The third kappa shape index (κ3) is 6.27. The first-order chi connectivity index (χ1) is 21.1. The van der Waals surface area contributed by atoms with Gasteiger partial charge in [-0.05, 0) is 70.3 Å². The summed E-state index contributed by atoms with van der Waals surface area (Å²) in [5.74, 6) is 0.0110. The first-order valence-corrected chi connectivity index (χ1v) is 16.0. The van der Waals surface area contributed by atoms with Crippen LogP contribution in [0.2, 0.25) is 0 Å². The van der Waals surface area contributed by atoms with Crippen molar-refractivity contribution in [1.29, 1.82) is 0 Å². The standard InChI is InChI=1S/C34H31IN2O6S/c1-6-42-33(40)28-29(23-10-8-7-9-11-23)36-34-37(30(28)24-14-12-22(13-15-24)19(2)3)32(39)27(44-34)18-21-16-25(35)31(43-20(4)38)26(17-21)41-5/h7-19,30H,6H2,1-5H3/b27-18-/t30-/m0/s1. The maximum absolute atomic E-state index is 14.2. The number of hydrogen-bond acceptors (Lipinski definition) is 8. The SMILES string of the molecule is CCOC(=O)C1=C(c2ccccc2)N=c2s/c(=C\c3cc(I)c(OC(C)=O)c(OC)c3)c(=O)n2[C@H]1c1ccc(C(C)C)cc1. The van der Waals surface area contributed by atoms with Crippen LogP contribution in [0.25, 0.3) is 11.8 Å². The van der Waals surface area contributed by atoms with Crippen LogP contribution in [0.1, 0.15) is 61.9 Å². The lowest BCUT2D eigenvalue weighted by molar-refractivity contribution is -0.139. The second kappa shape index (κ2) is 13.3. The summed E-state index contributed by atoms with van der Waals surface area (Å²) in [6.07, 6.45) is 1.75. The highest BCUT2D eigenvalue weighted by Crippen LogP contribution is 2.36. The molecule has 0 bridgehead atoms. The van der Waals surface area contributed by atoms with Gasteiger partial charge in [0.1, 0.15) is 0 Å². The van der Waals surface area contributed by atoms with Gasteiger partial charge in [0.25, 0.3) is 5.56 Å². The Morgan fingerprint density at radius 3 is 2.41 bits per heavy atom. The Kier molecular flexibility index (Phi) is 9.50. The van der Waals surface area contributed by atoms with Crippen molar-refractivity contribution in [2.45, 2.75) is 39.7 Å². The summed E-state index contributed by atoms with van der Waals surface area (Å²) in [4.78, 5) is 44.9. The molecular weight excluding hydrogens is 691 g/mol. The van der Waals surface area contributed by atoms with Gasteiger partial charge in [-0.1, -0.05) is 79.8 Å². The van der Waals surface area contributed by atoms with E-state index in [1.54, 1.807) is 29.7 Å². The van der Waals surface area contributed by atoms with Crippen molar-refractivity contribution in [3.8, 4) is 11.5 Å². The minimum absolute atomic E-state index is 0.178. The number of nitrogens with zero attached hydrogens (tertiary/aromatic N) is 2. The quantitative estimate of drug-likeness (QED) is 0.134. The number of hydrogen-bond donors (Lipinski definition) is 0. The molecule has 0 N–H and O–H groups in total. The average Bonchev–Trinajstić information content (AvgIpc) is 3.31. The zero-order valence-electron chi connectivity index (χ0n) is 24.9. The van der Waals surface area contributed by atoms with Gasteiger partial charge in [-0.25, -0.2) is 9.79 Å². The highest BCUT2D eigenvalue weighted by Gasteiger charge is 2.35. The monoisotopic (exact) mass is 722 g/mol. The molecule has 10 heteroatoms. The molecule has 0 fully saturated rings. The van der Waals surface area contributed by atoms with E-state index in [2.05, 4.69) is 36.4 Å². The minimum Gasteiger partial charge on any atom is -0.493 e. The molecule has 44 heavy (non-hydrogen) atoms. The molecule has 0 amide bonds. The summed E-state index contributed by atoms with van der Waals surface area (Å²) >= 11 is 3.30. The first-order valence-electron chi connectivity index (χ1n) is 14.1. The highest BCUT2D eigenvalue weighted by molar-refractivity contribution is 14.1. The van der Waals surface area contributed by atoms with Crippen LogP contribution in [0.5, 0.6) is 11.5 Å². The van der Waals surface area contributed by atoms with Gasteiger partial charge in [-0.2, -0.15) is 0 Å². The Balaban J connectivity index is 1.78. The normalized spacial score (nSPS) is 14.7. The number of methoxy groups -OCH3 is 1. The number of fused-ring (bicyclic) bond motifs is 1. The van der Waals surface area contributed by atoms with Crippen LogP contribution in [0.3, 0.4) is 0 Å². The third-order valence-electron chi connectivity index (χ3n) is 7.09. The molecule has 1 aliphatic heterocycles. The van der Waals surface area contributed by atoms with E-state index in [-0.39, 0.29) is 12.2 Å². The number of esters is 2. The van der Waals surface area contributed by atoms with Crippen molar-refractivity contribution in [2.75, 3.05) is 13.7 Å². The molecule has 5 rings (SSSR count). The van der Waals surface area contributed by atoms with Gasteiger partial charge in [0.05, 0.1) is 39.1 Å². The van der Waals surface area contributed by atoms with E-state index in [0.717, 1.165) is 16.7 Å². The molecule has 0 radical (unpaired) electrons. The number of aromatic nitrogens is 1. The molecule has 1 aliphatic rings. The third-order valence-corrected chi connectivity index (χ3v) is 8.87. The number of thiazole rings is 1. The minimum atomic E-state index is -0.759. The van der Waals surface area contributed by atoms with Crippen LogP contribution >= 0.6 is 33.9 Å². The molecule has 1 atom stereocenters. The largest absolute Gasteiger partial charge is 0.493 e. The smallest absolute Gasteiger partial charge is 0.338 e. The van der Waals surface area contributed by atoms with Gasteiger partial charge >= 0.3 is 11.9 Å². The highest BCUT2D eigenvalue weighted by atomic mass is 127. The van der Waals surface area contributed by atoms with E-state index in [4.69, 9.17) is 19.2 Å². The molecule has 0 saturated carbocycles. The van der Waals surface area contributed by atoms with E-state index >= 15 is 0 Å². The lowest BCUT2D eigenvalue weighted by atomic mass is 9.91. The molecule has 3 aromatic carbocycles. The van der Waals surface area contributed by atoms with Gasteiger partial charge in [-0.15, -0.1) is 0 Å². The van der Waals surface area contributed by atoms with Crippen molar-refractivity contribution in [1.82, 2.24) is 4.57 Å². The average molecular weight is 723 g/mol. The second-order valence-electron chi connectivity index (χ2n) is 10.4. The molecular formula is C34H31IN2O6S. The summed E-state index contributed by atoms with van der Waals surface area (Å²) < 4.78 is 19.0. The van der Waals surface area contributed by atoms with Crippen molar-refractivity contribution in [3.63, 3.8) is 0 Å². The molecule has 0 aliphatic carbocycles. The van der Waals surface area contributed by atoms with E-state index in [0.29, 0.717) is 47.2 Å². The summed E-state index contributed by atoms with van der Waals surface area (Å²) in [7, 11) is 1.49. The predicted molar refractivity (Wildman–Crippen MR) is 179 cm³/mol. The van der Waals surface area contributed by atoms with Crippen LogP contribution in [0, 0.1) is 3.57 Å². The van der Waals surface area contributed by atoms with Gasteiger partial charge < -0.3 is 14.2 Å². The van der Waals surface area contributed by atoms with Crippen LogP contribution in [0.4, 0.5) is 0 Å². The number of benzene rings is 3. The molecule has 4 aromatic rings. The van der Waals surface area contributed by atoms with Crippen molar-refractivity contribution < 1.29 is 23.8 Å². The van der Waals surface area contributed by atoms with Gasteiger partial charge in [-0.3, -0.25) is 14.2 Å².